The van der Waals surface area contributed by atoms with Gasteiger partial charge < -0.3 is 4.74 Å². The maximum atomic E-state index is 13.2. The standard InChI is InChI=1S/C24H31NO3/c1-3-28-24(27)22(16-18-13-14-25-17(2)15-18)23(26)21-11-9-20(10-12-21)19-7-5-4-6-8-19/h4-7,13-15,19-22H,3,8-12,16H2,1-2H3/t19?,20-,21-,22?. The molecule has 1 aromatic rings. The van der Waals surface area contributed by atoms with Crippen molar-refractivity contribution in [2.75, 3.05) is 6.61 Å². The van der Waals surface area contributed by atoms with Crippen molar-refractivity contribution in [3.63, 3.8) is 0 Å². The second-order valence-corrected chi connectivity index (χ2v) is 8.04. The monoisotopic (exact) mass is 381 g/mol. The van der Waals surface area contributed by atoms with E-state index in [1.54, 1.807) is 13.1 Å². The van der Waals surface area contributed by atoms with E-state index in [9.17, 15) is 9.59 Å². The van der Waals surface area contributed by atoms with Crippen LogP contribution in [-0.2, 0) is 20.7 Å². The number of esters is 1. The Labute approximate surface area is 168 Å². The fourth-order valence-electron chi connectivity index (χ4n) is 4.58. The number of allylic oxidation sites excluding steroid dienone is 4. The molecule has 0 aromatic carbocycles. The number of hydrogen-bond donors (Lipinski definition) is 0. The number of ketones is 1. The van der Waals surface area contributed by atoms with Gasteiger partial charge in [-0.1, -0.05) is 24.3 Å². The fourth-order valence-corrected chi connectivity index (χ4v) is 4.58. The Morgan fingerprint density at radius 2 is 2.00 bits per heavy atom. The van der Waals surface area contributed by atoms with E-state index in [1.165, 1.54) is 0 Å². The quantitative estimate of drug-likeness (QED) is 0.511. The zero-order valence-electron chi connectivity index (χ0n) is 17.0. The molecule has 2 aliphatic carbocycles. The third kappa shape index (κ3) is 5.18. The second-order valence-electron chi connectivity index (χ2n) is 8.04. The Bertz CT molecular complexity index is 744. The summed E-state index contributed by atoms with van der Waals surface area (Å²) >= 11 is 0. The van der Waals surface area contributed by atoms with Crippen LogP contribution >= 0.6 is 0 Å². The van der Waals surface area contributed by atoms with E-state index in [-0.39, 0.29) is 17.7 Å². The van der Waals surface area contributed by atoms with Crippen molar-refractivity contribution >= 4 is 11.8 Å². The van der Waals surface area contributed by atoms with Gasteiger partial charge in [-0.2, -0.15) is 0 Å². The van der Waals surface area contributed by atoms with Gasteiger partial charge in [0.05, 0.1) is 6.61 Å². The minimum absolute atomic E-state index is 0.0308. The summed E-state index contributed by atoms with van der Waals surface area (Å²) in [5, 5.41) is 0. The molecule has 28 heavy (non-hydrogen) atoms. The number of nitrogens with zero attached hydrogens (tertiary/aromatic N) is 1. The van der Waals surface area contributed by atoms with E-state index in [4.69, 9.17) is 4.74 Å². The molecule has 1 fully saturated rings. The van der Waals surface area contributed by atoms with Gasteiger partial charge in [-0.25, -0.2) is 0 Å². The van der Waals surface area contributed by atoms with Gasteiger partial charge in [-0.3, -0.25) is 14.6 Å². The predicted molar refractivity (Wildman–Crippen MR) is 110 cm³/mol. The van der Waals surface area contributed by atoms with Crippen LogP contribution in [0.25, 0.3) is 0 Å². The molecule has 0 spiro atoms. The molecule has 4 nitrogen and oxygen atoms in total. The Morgan fingerprint density at radius 3 is 2.64 bits per heavy atom. The van der Waals surface area contributed by atoms with E-state index < -0.39 is 5.92 Å². The van der Waals surface area contributed by atoms with Gasteiger partial charge in [0.15, 0.2) is 5.78 Å². The summed E-state index contributed by atoms with van der Waals surface area (Å²) in [6.07, 6.45) is 15.9. The highest BCUT2D eigenvalue weighted by atomic mass is 16.5. The lowest BCUT2D eigenvalue weighted by Gasteiger charge is -2.33. The smallest absolute Gasteiger partial charge is 0.316 e. The van der Waals surface area contributed by atoms with Crippen LogP contribution in [0, 0.1) is 30.6 Å². The van der Waals surface area contributed by atoms with Crippen molar-refractivity contribution in [2.24, 2.45) is 23.7 Å². The number of aromatic nitrogens is 1. The lowest BCUT2D eigenvalue weighted by Crippen LogP contribution is -2.35. The fraction of sp³-hybridized carbons (Fsp3) is 0.542. The summed E-state index contributed by atoms with van der Waals surface area (Å²) in [7, 11) is 0. The van der Waals surface area contributed by atoms with Crippen molar-refractivity contribution in [3.8, 4) is 0 Å². The maximum Gasteiger partial charge on any atom is 0.316 e. The number of hydrogen-bond acceptors (Lipinski definition) is 4. The van der Waals surface area contributed by atoms with Crippen LogP contribution in [0.15, 0.2) is 42.6 Å². The van der Waals surface area contributed by atoms with Crippen LogP contribution < -0.4 is 0 Å². The summed E-state index contributed by atoms with van der Waals surface area (Å²) < 4.78 is 5.24. The second kappa shape index (κ2) is 9.81. The molecule has 1 aromatic heterocycles. The van der Waals surface area contributed by atoms with E-state index in [2.05, 4.69) is 29.3 Å². The lowest BCUT2D eigenvalue weighted by molar-refractivity contribution is -0.153. The Morgan fingerprint density at radius 1 is 1.21 bits per heavy atom. The molecule has 0 saturated heterocycles. The first-order chi connectivity index (χ1) is 13.6. The maximum absolute atomic E-state index is 13.2. The third-order valence-electron chi connectivity index (χ3n) is 6.11. The molecule has 1 heterocycles. The minimum Gasteiger partial charge on any atom is -0.465 e. The summed E-state index contributed by atoms with van der Waals surface area (Å²) in [4.78, 5) is 30.0. The highest BCUT2D eigenvalue weighted by Crippen LogP contribution is 2.38. The number of pyridine rings is 1. The number of carbonyl (C=O) groups excluding carboxylic acids is 2. The largest absolute Gasteiger partial charge is 0.465 e. The van der Waals surface area contributed by atoms with Gasteiger partial charge in [0.1, 0.15) is 5.92 Å². The number of carbonyl (C=O) groups is 2. The van der Waals surface area contributed by atoms with Gasteiger partial charge in [0.2, 0.25) is 0 Å². The Balaban J connectivity index is 1.64. The van der Waals surface area contributed by atoms with Gasteiger partial charge >= 0.3 is 5.97 Å². The van der Waals surface area contributed by atoms with Crippen LogP contribution in [0.3, 0.4) is 0 Å². The van der Waals surface area contributed by atoms with Crippen LogP contribution in [0.2, 0.25) is 0 Å². The first kappa shape index (κ1) is 20.5. The minimum atomic E-state index is -0.708. The first-order valence-electron chi connectivity index (χ1n) is 10.5. The molecule has 0 radical (unpaired) electrons. The molecule has 2 unspecified atom stereocenters. The molecule has 0 amide bonds. The molecule has 150 valence electrons. The highest BCUT2D eigenvalue weighted by molar-refractivity contribution is 6.00. The molecule has 2 aliphatic rings. The van der Waals surface area contributed by atoms with Gasteiger partial charge in [0.25, 0.3) is 0 Å². The number of aryl methyl sites for hydroxylation is 1. The van der Waals surface area contributed by atoms with Crippen LogP contribution in [0.4, 0.5) is 0 Å². The molecular weight excluding hydrogens is 350 g/mol. The summed E-state index contributed by atoms with van der Waals surface area (Å²) in [5.41, 5.74) is 1.86. The van der Waals surface area contributed by atoms with Crippen molar-refractivity contribution in [2.45, 2.75) is 52.4 Å². The zero-order valence-corrected chi connectivity index (χ0v) is 17.0. The molecule has 1 saturated carbocycles. The summed E-state index contributed by atoms with van der Waals surface area (Å²) in [6, 6.07) is 3.83. The van der Waals surface area contributed by atoms with Gasteiger partial charge in [-0.15, -0.1) is 0 Å². The van der Waals surface area contributed by atoms with E-state index in [0.29, 0.717) is 24.9 Å². The normalized spacial score (nSPS) is 25.3. The molecule has 4 heteroatoms. The van der Waals surface area contributed by atoms with Crippen molar-refractivity contribution in [3.05, 3.63) is 53.9 Å². The SMILES string of the molecule is CCOC(=O)C(Cc1ccnc(C)c1)C(=O)[C@H]1CC[C@H](C2C=CC=CC2)CC1. The van der Waals surface area contributed by atoms with Crippen molar-refractivity contribution in [1.82, 2.24) is 4.98 Å². The van der Waals surface area contributed by atoms with Crippen LogP contribution in [-0.4, -0.2) is 23.3 Å². The molecule has 0 N–H and O–H groups in total. The molecule has 0 bridgehead atoms. The predicted octanol–water partition coefficient (Wildman–Crippen LogP) is 4.62. The van der Waals surface area contributed by atoms with Gasteiger partial charge in [0, 0.05) is 17.8 Å². The average molecular weight is 382 g/mol. The van der Waals surface area contributed by atoms with Crippen LogP contribution in [0.5, 0.6) is 0 Å². The summed E-state index contributed by atoms with van der Waals surface area (Å²) in [6.45, 7) is 4.00. The van der Waals surface area contributed by atoms with E-state index in [1.807, 2.05) is 19.1 Å². The van der Waals surface area contributed by atoms with E-state index in [0.717, 1.165) is 43.4 Å². The lowest BCUT2D eigenvalue weighted by atomic mass is 9.71. The third-order valence-corrected chi connectivity index (χ3v) is 6.11. The molecule has 3 rings (SSSR count). The van der Waals surface area contributed by atoms with Crippen molar-refractivity contribution < 1.29 is 14.3 Å². The molecular formula is C24H31NO3. The highest BCUT2D eigenvalue weighted by Gasteiger charge is 2.36. The Hall–Kier alpha value is -2.23. The zero-order chi connectivity index (χ0) is 19.9. The topological polar surface area (TPSA) is 56.3 Å². The summed E-state index contributed by atoms with van der Waals surface area (Å²) in [5.74, 6) is 0.184. The molecule has 0 aliphatic heterocycles. The van der Waals surface area contributed by atoms with Crippen molar-refractivity contribution in [1.29, 1.82) is 0 Å². The van der Waals surface area contributed by atoms with Gasteiger partial charge in [-0.05, 0) is 81.9 Å². The number of Topliss-reactive ketones (excluding diaryl/α,β-unsaturated/α-hetero) is 1. The first-order valence-corrected chi connectivity index (χ1v) is 10.5. The van der Waals surface area contributed by atoms with E-state index >= 15 is 0 Å². The molecule has 2 atom stereocenters. The number of rotatable bonds is 7. The van der Waals surface area contributed by atoms with Crippen LogP contribution in [0.1, 0.15) is 50.3 Å². The Kier molecular flexibility index (Phi) is 7.18. The number of ether oxygens (including phenoxy) is 1. The average Bonchev–Trinajstić information content (AvgIpc) is 2.72.